The molecule has 5 nitrogen and oxygen atoms in total. The SMILES string of the molecule is CCN(Cc1ccncc1)Cc1nnc(NC)s1. The summed E-state index contributed by atoms with van der Waals surface area (Å²) in [5.74, 6) is 0. The summed E-state index contributed by atoms with van der Waals surface area (Å²) in [4.78, 5) is 6.36. The highest BCUT2D eigenvalue weighted by molar-refractivity contribution is 7.15. The fraction of sp³-hybridized carbons (Fsp3) is 0.417. The second-order valence-corrected chi connectivity index (χ2v) is 4.97. The number of rotatable bonds is 6. The first-order valence-corrected chi connectivity index (χ1v) is 6.75. The van der Waals surface area contributed by atoms with Crippen LogP contribution in [0.3, 0.4) is 0 Å². The van der Waals surface area contributed by atoms with Gasteiger partial charge in [-0.1, -0.05) is 18.3 Å². The van der Waals surface area contributed by atoms with Crippen molar-refractivity contribution in [2.24, 2.45) is 0 Å². The van der Waals surface area contributed by atoms with Crippen molar-refractivity contribution in [3.8, 4) is 0 Å². The average molecular weight is 263 g/mol. The lowest BCUT2D eigenvalue weighted by molar-refractivity contribution is 0.270. The zero-order chi connectivity index (χ0) is 12.8. The summed E-state index contributed by atoms with van der Waals surface area (Å²) < 4.78 is 0. The predicted octanol–water partition coefficient (Wildman–Crippen LogP) is 2.00. The van der Waals surface area contributed by atoms with Gasteiger partial charge < -0.3 is 5.32 Å². The van der Waals surface area contributed by atoms with Crippen LogP contribution in [0.4, 0.5) is 5.13 Å². The van der Waals surface area contributed by atoms with E-state index in [0.717, 1.165) is 29.8 Å². The van der Waals surface area contributed by atoms with Crippen LogP contribution in [0.5, 0.6) is 0 Å². The lowest BCUT2D eigenvalue weighted by Crippen LogP contribution is -2.22. The summed E-state index contributed by atoms with van der Waals surface area (Å²) >= 11 is 1.60. The maximum atomic E-state index is 4.17. The smallest absolute Gasteiger partial charge is 0.205 e. The minimum absolute atomic E-state index is 0.832. The number of anilines is 1. The Morgan fingerprint density at radius 3 is 2.61 bits per heavy atom. The van der Waals surface area contributed by atoms with Gasteiger partial charge in [0.2, 0.25) is 5.13 Å². The van der Waals surface area contributed by atoms with Crippen LogP contribution in [0, 0.1) is 0 Å². The zero-order valence-corrected chi connectivity index (χ0v) is 11.4. The third-order valence-electron chi connectivity index (χ3n) is 2.64. The molecule has 0 unspecified atom stereocenters. The lowest BCUT2D eigenvalue weighted by atomic mass is 10.2. The molecule has 0 aliphatic heterocycles. The van der Waals surface area contributed by atoms with Gasteiger partial charge in [-0.15, -0.1) is 10.2 Å². The van der Waals surface area contributed by atoms with Crippen molar-refractivity contribution >= 4 is 16.5 Å². The first kappa shape index (κ1) is 12.9. The number of pyridine rings is 1. The Morgan fingerprint density at radius 2 is 2.00 bits per heavy atom. The highest BCUT2D eigenvalue weighted by atomic mass is 32.1. The van der Waals surface area contributed by atoms with E-state index in [1.807, 2.05) is 31.6 Å². The van der Waals surface area contributed by atoms with Gasteiger partial charge in [-0.25, -0.2) is 0 Å². The number of nitrogens with zero attached hydrogens (tertiary/aromatic N) is 4. The van der Waals surface area contributed by atoms with Crippen LogP contribution in [0.2, 0.25) is 0 Å². The second kappa shape index (κ2) is 6.42. The average Bonchev–Trinajstić information content (AvgIpc) is 2.87. The molecule has 96 valence electrons. The van der Waals surface area contributed by atoms with Gasteiger partial charge in [0.1, 0.15) is 5.01 Å². The third kappa shape index (κ3) is 3.48. The van der Waals surface area contributed by atoms with Crippen molar-refractivity contribution in [1.82, 2.24) is 20.1 Å². The standard InChI is InChI=1S/C12H17N5S/c1-3-17(8-10-4-6-14-7-5-10)9-11-15-16-12(13-2)18-11/h4-7H,3,8-9H2,1-2H3,(H,13,16). The second-order valence-electron chi connectivity index (χ2n) is 3.91. The maximum Gasteiger partial charge on any atom is 0.205 e. The van der Waals surface area contributed by atoms with Crippen molar-refractivity contribution in [1.29, 1.82) is 0 Å². The van der Waals surface area contributed by atoms with E-state index in [0.29, 0.717) is 0 Å². The number of nitrogens with one attached hydrogen (secondary N) is 1. The highest BCUT2D eigenvalue weighted by Gasteiger charge is 2.09. The van der Waals surface area contributed by atoms with Crippen molar-refractivity contribution in [2.75, 3.05) is 18.9 Å². The van der Waals surface area contributed by atoms with Crippen LogP contribution in [-0.2, 0) is 13.1 Å². The Labute approximate surface area is 111 Å². The lowest BCUT2D eigenvalue weighted by Gasteiger charge is -2.18. The molecule has 2 aromatic heterocycles. The van der Waals surface area contributed by atoms with E-state index in [1.165, 1.54) is 5.56 Å². The van der Waals surface area contributed by atoms with E-state index >= 15 is 0 Å². The first-order chi connectivity index (χ1) is 8.81. The summed E-state index contributed by atoms with van der Waals surface area (Å²) in [6, 6.07) is 4.09. The molecule has 2 rings (SSSR count). The van der Waals surface area contributed by atoms with Crippen molar-refractivity contribution in [3.05, 3.63) is 35.1 Å². The Morgan fingerprint density at radius 1 is 1.22 bits per heavy atom. The fourth-order valence-electron chi connectivity index (χ4n) is 1.64. The maximum absolute atomic E-state index is 4.17. The zero-order valence-electron chi connectivity index (χ0n) is 10.6. The predicted molar refractivity (Wildman–Crippen MR) is 73.5 cm³/mol. The molecule has 0 aliphatic carbocycles. The molecule has 0 saturated carbocycles. The first-order valence-electron chi connectivity index (χ1n) is 5.93. The van der Waals surface area contributed by atoms with Gasteiger partial charge in [-0.3, -0.25) is 9.88 Å². The largest absolute Gasteiger partial charge is 0.363 e. The molecule has 0 atom stereocenters. The van der Waals surface area contributed by atoms with Crippen molar-refractivity contribution in [3.63, 3.8) is 0 Å². The highest BCUT2D eigenvalue weighted by Crippen LogP contribution is 2.17. The third-order valence-corrected chi connectivity index (χ3v) is 3.57. The Kier molecular flexibility index (Phi) is 4.60. The molecule has 0 fully saturated rings. The molecule has 0 aliphatic rings. The minimum Gasteiger partial charge on any atom is -0.363 e. The molecule has 0 spiro atoms. The van der Waals surface area contributed by atoms with E-state index in [4.69, 9.17) is 0 Å². The van der Waals surface area contributed by atoms with E-state index in [-0.39, 0.29) is 0 Å². The molecule has 6 heteroatoms. The monoisotopic (exact) mass is 263 g/mol. The van der Waals surface area contributed by atoms with Gasteiger partial charge in [0.05, 0.1) is 6.54 Å². The van der Waals surface area contributed by atoms with Gasteiger partial charge in [-0.05, 0) is 24.2 Å². The van der Waals surface area contributed by atoms with Crippen molar-refractivity contribution < 1.29 is 0 Å². The Bertz CT molecular complexity index is 470. The fourth-order valence-corrected chi connectivity index (χ4v) is 2.37. The molecular weight excluding hydrogens is 246 g/mol. The van der Waals surface area contributed by atoms with Crippen LogP contribution >= 0.6 is 11.3 Å². The van der Waals surface area contributed by atoms with Crippen LogP contribution in [0.15, 0.2) is 24.5 Å². The number of hydrogen-bond donors (Lipinski definition) is 1. The van der Waals surface area contributed by atoms with Crippen LogP contribution in [-0.4, -0.2) is 33.7 Å². The van der Waals surface area contributed by atoms with E-state index in [2.05, 4.69) is 32.3 Å². The van der Waals surface area contributed by atoms with Crippen LogP contribution in [0.25, 0.3) is 0 Å². The molecule has 0 aromatic carbocycles. The van der Waals surface area contributed by atoms with Gasteiger partial charge in [0.15, 0.2) is 0 Å². The van der Waals surface area contributed by atoms with E-state index in [1.54, 1.807) is 11.3 Å². The Balaban J connectivity index is 1.97. The molecule has 1 N–H and O–H groups in total. The van der Waals surface area contributed by atoms with Crippen molar-refractivity contribution in [2.45, 2.75) is 20.0 Å². The van der Waals surface area contributed by atoms with Crippen LogP contribution in [0.1, 0.15) is 17.5 Å². The summed E-state index contributed by atoms with van der Waals surface area (Å²) in [6.45, 7) is 4.88. The van der Waals surface area contributed by atoms with Crippen LogP contribution < -0.4 is 5.32 Å². The Hall–Kier alpha value is -1.53. The molecular formula is C12H17N5S. The van der Waals surface area contributed by atoms with Gasteiger partial charge in [0.25, 0.3) is 0 Å². The molecule has 18 heavy (non-hydrogen) atoms. The molecule has 0 amide bonds. The molecule has 0 radical (unpaired) electrons. The molecule has 0 bridgehead atoms. The summed E-state index contributed by atoms with van der Waals surface area (Å²) in [7, 11) is 1.86. The van der Waals surface area contributed by atoms with E-state index < -0.39 is 0 Å². The number of hydrogen-bond acceptors (Lipinski definition) is 6. The molecule has 2 heterocycles. The summed E-state index contributed by atoms with van der Waals surface area (Å²) in [5, 5.41) is 13.1. The van der Waals surface area contributed by atoms with Gasteiger partial charge >= 0.3 is 0 Å². The summed E-state index contributed by atoms with van der Waals surface area (Å²) in [5.41, 5.74) is 1.27. The topological polar surface area (TPSA) is 53.9 Å². The van der Waals surface area contributed by atoms with Gasteiger partial charge in [0, 0.05) is 26.0 Å². The molecule has 0 saturated heterocycles. The molecule has 2 aromatic rings. The normalized spacial score (nSPS) is 10.8. The number of aromatic nitrogens is 3. The minimum atomic E-state index is 0.832. The summed E-state index contributed by atoms with van der Waals surface area (Å²) in [6.07, 6.45) is 3.65. The quantitative estimate of drug-likeness (QED) is 0.864. The van der Waals surface area contributed by atoms with Gasteiger partial charge in [-0.2, -0.15) is 0 Å². The van der Waals surface area contributed by atoms with E-state index in [9.17, 15) is 0 Å².